The van der Waals surface area contributed by atoms with Crippen molar-refractivity contribution >= 4 is 28.1 Å². The number of fused-ring (bicyclic) bond motifs is 3. The number of thiazole rings is 1. The van der Waals surface area contributed by atoms with Crippen LogP contribution in [0.2, 0.25) is 0 Å². The molecule has 5 aromatic rings. The summed E-state index contributed by atoms with van der Waals surface area (Å²) in [5, 5.41) is 11.8. The van der Waals surface area contributed by atoms with Gasteiger partial charge in [0.2, 0.25) is 0 Å². The molecule has 1 aliphatic rings. The predicted octanol–water partition coefficient (Wildman–Crippen LogP) is 8.32. The van der Waals surface area contributed by atoms with E-state index in [4.69, 9.17) is 4.98 Å². The molecule has 0 radical (unpaired) electrons. The van der Waals surface area contributed by atoms with E-state index in [1.54, 1.807) is 36.4 Å². The van der Waals surface area contributed by atoms with Gasteiger partial charge in [-0.15, -0.1) is 24.5 Å². The van der Waals surface area contributed by atoms with E-state index in [9.17, 15) is 23.1 Å². The number of halogens is 3. The molecule has 6 rings (SSSR count). The molecule has 0 aliphatic heterocycles. The van der Waals surface area contributed by atoms with Gasteiger partial charge in [0, 0.05) is 16.6 Å². The van der Waals surface area contributed by atoms with E-state index in [0.717, 1.165) is 17.7 Å². The molecule has 200 valence electrons. The number of carboxylic acid groups (broad SMARTS) is 1. The fourth-order valence-corrected chi connectivity index (χ4v) is 5.71. The largest absolute Gasteiger partial charge is 0.573 e. The van der Waals surface area contributed by atoms with E-state index < -0.39 is 12.3 Å². The van der Waals surface area contributed by atoms with Crippen LogP contribution in [0.3, 0.4) is 0 Å². The minimum atomic E-state index is -4.75. The highest BCUT2D eigenvalue weighted by atomic mass is 32.1. The molecule has 0 amide bonds. The molecule has 0 saturated heterocycles. The minimum Gasteiger partial charge on any atom is -0.478 e. The third kappa shape index (κ3) is 5.28. The van der Waals surface area contributed by atoms with Gasteiger partial charge >= 0.3 is 12.3 Å². The number of carbonyl (C=O) groups is 1. The van der Waals surface area contributed by atoms with Crippen molar-refractivity contribution in [2.75, 3.05) is 4.90 Å². The lowest BCUT2D eigenvalue weighted by molar-refractivity contribution is -0.274. The molecule has 1 aromatic heterocycles. The second-order valence-corrected chi connectivity index (χ2v) is 10.2. The van der Waals surface area contributed by atoms with Crippen LogP contribution in [0.1, 0.15) is 27.0 Å². The van der Waals surface area contributed by atoms with E-state index in [1.165, 1.54) is 45.7 Å². The summed E-state index contributed by atoms with van der Waals surface area (Å²) in [6.45, 7) is 0.441. The summed E-state index contributed by atoms with van der Waals surface area (Å²) in [5.41, 5.74) is 8.25. The number of rotatable bonds is 7. The number of alkyl halides is 3. The average molecular weight is 559 g/mol. The Labute approximate surface area is 231 Å². The van der Waals surface area contributed by atoms with Gasteiger partial charge in [-0.25, -0.2) is 9.78 Å². The highest BCUT2D eigenvalue weighted by Gasteiger charge is 2.31. The summed E-state index contributed by atoms with van der Waals surface area (Å²) in [7, 11) is 0. The Bertz CT molecular complexity index is 1700. The Morgan fingerprint density at radius 3 is 2.38 bits per heavy atom. The molecule has 40 heavy (non-hydrogen) atoms. The van der Waals surface area contributed by atoms with Gasteiger partial charge in [-0.1, -0.05) is 42.5 Å². The Balaban J connectivity index is 1.33. The number of nitrogens with zero attached hydrogens (tertiary/aromatic N) is 2. The summed E-state index contributed by atoms with van der Waals surface area (Å²) in [6, 6.07) is 27.0. The fourth-order valence-electron chi connectivity index (χ4n) is 4.85. The maximum absolute atomic E-state index is 12.6. The third-order valence-corrected chi connectivity index (χ3v) is 7.60. The van der Waals surface area contributed by atoms with Gasteiger partial charge < -0.3 is 14.7 Å². The molecule has 1 N–H and O–H groups in total. The van der Waals surface area contributed by atoms with Crippen molar-refractivity contribution in [3.63, 3.8) is 0 Å². The van der Waals surface area contributed by atoms with Gasteiger partial charge in [0.05, 0.1) is 17.8 Å². The zero-order valence-electron chi connectivity index (χ0n) is 20.9. The summed E-state index contributed by atoms with van der Waals surface area (Å²) in [5.74, 6) is -1.28. The third-order valence-electron chi connectivity index (χ3n) is 6.74. The summed E-state index contributed by atoms with van der Waals surface area (Å²) < 4.78 is 41.6. The molecule has 1 aliphatic carbocycles. The number of hydrogen-bond donors (Lipinski definition) is 1. The molecule has 0 unspecified atom stereocenters. The van der Waals surface area contributed by atoms with Crippen LogP contribution >= 0.6 is 11.3 Å². The number of carboxylic acids is 1. The Hall–Kier alpha value is -4.63. The normalized spacial score (nSPS) is 12.1. The lowest BCUT2D eigenvalue weighted by Crippen LogP contribution is -2.17. The molecule has 0 bridgehead atoms. The highest BCUT2D eigenvalue weighted by molar-refractivity contribution is 7.14. The number of hydrogen-bond acceptors (Lipinski definition) is 5. The number of ether oxygens (including phenoxy) is 1. The van der Waals surface area contributed by atoms with Crippen LogP contribution in [0, 0.1) is 0 Å². The van der Waals surface area contributed by atoms with Crippen LogP contribution in [0.25, 0.3) is 22.4 Å². The Morgan fingerprint density at radius 2 is 1.65 bits per heavy atom. The first-order valence-electron chi connectivity index (χ1n) is 12.4. The number of aromatic carboxylic acids is 1. The van der Waals surface area contributed by atoms with Crippen molar-refractivity contribution in [2.24, 2.45) is 0 Å². The van der Waals surface area contributed by atoms with Crippen LogP contribution in [-0.2, 0) is 13.0 Å². The molecule has 1 heterocycles. The van der Waals surface area contributed by atoms with E-state index in [2.05, 4.69) is 40.0 Å². The van der Waals surface area contributed by atoms with E-state index in [-0.39, 0.29) is 11.3 Å². The van der Waals surface area contributed by atoms with E-state index in [0.29, 0.717) is 22.9 Å². The first kappa shape index (κ1) is 25.6. The molecule has 0 spiro atoms. The number of aromatic nitrogens is 1. The molecule has 5 nitrogen and oxygen atoms in total. The SMILES string of the molecule is O=C(O)c1ccc(CN(c2ccc3c(c2)Cc2ccccc2-3)c2nc(-c3ccc(OC(F)(F)F)cc3)cs2)cc1. The molecular formula is C31H21F3N2O3S. The molecule has 9 heteroatoms. The van der Waals surface area contributed by atoms with Gasteiger partial charge in [-0.2, -0.15) is 0 Å². The summed E-state index contributed by atoms with van der Waals surface area (Å²) in [6.07, 6.45) is -3.92. The van der Waals surface area contributed by atoms with Crippen LogP contribution < -0.4 is 9.64 Å². The van der Waals surface area contributed by atoms with Crippen molar-refractivity contribution in [3.8, 4) is 28.1 Å². The summed E-state index contributed by atoms with van der Waals surface area (Å²) >= 11 is 1.42. The second kappa shape index (κ2) is 10.2. The minimum absolute atomic E-state index is 0.208. The Morgan fingerprint density at radius 1 is 0.925 bits per heavy atom. The zero-order chi connectivity index (χ0) is 27.9. The van der Waals surface area contributed by atoms with Gasteiger partial charge in [0.25, 0.3) is 0 Å². The van der Waals surface area contributed by atoms with Gasteiger partial charge in [0.1, 0.15) is 5.75 Å². The zero-order valence-corrected chi connectivity index (χ0v) is 21.7. The maximum Gasteiger partial charge on any atom is 0.573 e. The van der Waals surface area contributed by atoms with E-state index >= 15 is 0 Å². The first-order chi connectivity index (χ1) is 19.2. The number of benzene rings is 4. The highest BCUT2D eigenvalue weighted by Crippen LogP contribution is 2.41. The van der Waals surface area contributed by atoms with Crippen molar-refractivity contribution in [1.29, 1.82) is 0 Å². The van der Waals surface area contributed by atoms with Gasteiger partial charge in [0.15, 0.2) is 5.13 Å². The van der Waals surface area contributed by atoms with Crippen LogP contribution in [0.4, 0.5) is 24.0 Å². The first-order valence-corrected chi connectivity index (χ1v) is 13.2. The lowest BCUT2D eigenvalue weighted by atomic mass is 10.0. The molecular weight excluding hydrogens is 537 g/mol. The average Bonchev–Trinajstić information content (AvgIpc) is 3.56. The van der Waals surface area contributed by atoms with Crippen molar-refractivity contribution in [1.82, 2.24) is 4.98 Å². The number of anilines is 2. The van der Waals surface area contributed by atoms with Crippen LogP contribution in [0.15, 0.2) is 96.4 Å². The molecule has 4 aromatic carbocycles. The Kier molecular flexibility index (Phi) is 6.51. The lowest BCUT2D eigenvalue weighted by Gasteiger charge is -2.23. The van der Waals surface area contributed by atoms with E-state index in [1.807, 2.05) is 17.5 Å². The van der Waals surface area contributed by atoms with Crippen LogP contribution in [-0.4, -0.2) is 22.4 Å². The van der Waals surface area contributed by atoms with Crippen LogP contribution in [0.5, 0.6) is 5.75 Å². The molecule has 0 fully saturated rings. The summed E-state index contributed by atoms with van der Waals surface area (Å²) in [4.78, 5) is 18.2. The smallest absolute Gasteiger partial charge is 0.478 e. The molecule has 0 saturated carbocycles. The van der Waals surface area contributed by atoms with Crippen molar-refractivity contribution < 1.29 is 27.8 Å². The predicted molar refractivity (Wildman–Crippen MR) is 148 cm³/mol. The second-order valence-electron chi connectivity index (χ2n) is 9.35. The van der Waals surface area contributed by atoms with Crippen molar-refractivity contribution in [2.45, 2.75) is 19.3 Å². The topological polar surface area (TPSA) is 62.7 Å². The maximum atomic E-state index is 12.6. The molecule has 0 atom stereocenters. The fraction of sp³-hybridized carbons (Fsp3) is 0.0968. The van der Waals surface area contributed by atoms with Gasteiger partial charge in [-0.05, 0) is 82.8 Å². The quantitative estimate of drug-likeness (QED) is 0.214. The van der Waals surface area contributed by atoms with Gasteiger partial charge in [-0.3, -0.25) is 0 Å². The monoisotopic (exact) mass is 558 g/mol. The standard InChI is InChI=1S/C31H21F3N2O3S/c32-31(33,34)39-25-12-9-20(10-13-25)28-18-40-30(35-28)36(17-19-5-7-21(8-6-19)29(37)38)24-11-14-27-23(16-24)15-22-3-1-2-4-26(22)27/h1-14,16,18H,15,17H2,(H,37,38). The van der Waals surface area contributed by atoms with Crippen molar-refractivity contribution in [3.05, 3.63) is 119 Å².